The molecule has 0 radical (unpaired) electrons. The van der Waals surface area contributed by atoms with E-state index >= 15 is 0 Å². The molecule has 2 aromatic carbocycles. The Morgan fingerprint density at radius 3 is 2.72 bits per heavy atom. The molecule has 1 aromatic heterocycles. The van der Waals surface area contributed by atoms with Crippen molar-refractivity contribution in [2.75, 3.05) is 11.1 Å². The number of amides is 2. The SMILES string of the molecule is C=CCn1c(CNC(=O)c2cccc(C)c2)nnc1SCC(=O)Nc1ccccc1CC. The van der Waals surface area contributed by atoms with E-state index in [1.54, 1.807) is 12.1 Å². The molecule has 0 atom stereocenters. The molecular formula is C24H27N5O2S. The van der Waals surface area contributed by atoms with Crippen molar-refractivity contribution in [3.05, 3.63) is 83.7 Å². The average molecular weight is 450 g/mol. The zero-order valence-corrected chi connectivity index (χ0v) is 19.1. The second kappa shape index (κ2) is 11.3. The molecule has 3 aromatic rings. The molecule has 0 spiro atoms. The number of hydrogen-bond acceptors (Lipinski definition) is 5. The Morgan fingerprint density at radius 1 is 1.16 bits per heavy atom. The summed E-state index contributed by atoms with van der Waals surface area (Å²) in [6.45, 7) is 8.49. The number of aryl methyl sites for hydroxylation is 2. The van der Waals surface area contributed by atoms with Gasteiger partial charge in [0.15, 0.2) is 11.0 Å². The molecule has 8 heteroatoms. The number of rotatable bonds is 10. The van der Waals surface area contributed by atoms with Gasteiger partial charge in [-0.1, -0.05) is 60.7 Å². The van der Waals surface area contributed by atoms with Crippen LogP contribution in [0.2, 0.25) is 0 Å². The van der Waals surface area contributed by atoms with Gasteiger partial charge in [-0.3, -0.25) is 9.59 Å². The fourth-order valence-electron chi connectivity index (χ4n) is 3.18. The third kappa shape index (κ3) is 6.07. The first-order valence-corrected chi connectivity index (χ1v) is 11.4. The third-order valence-electron chi connectivity index (χ3n) is 4.80. The molecule has 0 fully saturated rings. The van der Waals surface area contributed by atoms with Crippen LogP contribution < -0.4 is 10.6 Å². The Bertz CT molecular complexity index is 1110. The lowest BCUT2D eigenvalue weighted by Gasteiger charge is -2.10. The molecule has 0 unspecified atom stereocenters. The van der Waals surface area contributed by atoms with Gasteiger partial charge in [-0.2, -0.15) is 0 Å². The van der Waals surface area contributed by atoms with E-state index in [-0.39, 0.29) is 24.1 Å². The molecule has 32 heavy (non-hydrogen) atoms. The lowest BCUT2D eigenvalue weighted by Crippen LogP contribution is -2.25. The molecule has 3 rings (SSSR count). The van der Waals surface area contributed by atoms with Crippen LogP contribution in [0.25, 0.3) is 0 Å². The number of para-hydroxylation sites is 1. The predicted octanol–water partition coefficient (Wildman–Crippen LogP) is 4.00. The lowest BCUT2D eigenvalue weighted by molar-refractivity contribution is -0.113. The molecule has 0 bridgehead atoms. The largest absolute Gasteiger partial charge is 0.345 e. The first-order chi connectivity index (χ1) is 15.5. The molecule has 2 N–H and O–H groups in total. The Hall–Kier alpha value is -3.39. The van der Waals surface area contributed by atoms with Gasteiger partial charge in [-0.15, -0.1) is 16.8 Å². The van der Waals surface area contributed by atoms with Crippen LogP contribution in [0.15, 0.2) is 66.3 Å². The highest BCUT2D eigenvalue weighted by atomic mass is 32.2. The summed E-state index contributed by atoms with van der Waals surface area (Å²) in [5.74, 6) is 0.511. The minimum Gasteiger partial charge on any atom is -0.345 e. The monoisotopic (exact) mass is 449 g/mol. The van der Waals surface area contributed by atoms with Crippen LogP contribution in [0.1, 0.15) is 34.2 Å². The Kier molecular flexibility index (Phi) is 8.21. The summed E-state index contributed by atoms with van der Waals surface area (Å²) in [5.41, 5.74) is 3.53. The van der Waals surface area contributed by atoms with E-state index in [1.807, 2.05) is 54.0 Å². The molecule has 0 aliphatic heterocycles. The molecule has 7 nitrogen and oxygen atoms in total. The zero-order chi connectivity index (χ0) is 22.9. The predicted molar refractivity (Wildman–Crippen MR) is 128 cm³/mol. The molecule has 166 valence electrons. The number of nitrogens with one attached hydrogen (secondary N) is 2. The van der Waals surface area contributed by atoms with Gasteiger partial charge in [0.25, 0.3) is 5.91 Å². The smallest absolute Gasteiger partial charge is 0.251 e. The first kappa shape index (κ1) is 23.3. The second-order valence-corrected chi connectivity index (χ2v) is 8.14. The quantitative estimate of drug-likeness (QED) is 0.361. The number of allylic oxidation sites excluding steroid dienone is 1. The molecule has 0 aliphatic carbocycles. The van der Waals surface area contributed by atoms with Gasteiger partial charge >= 0.3 is 0 Å². The Morgan fingerprint density at radius 2 is 1.97 bits per heavy atom. The van der Waals surface area contributed by atoms with Gasteiger partial charge in [-0.25, -0.2) is 0 Å². The number of aromatic nitrogens is 3. The fraction of sp³-hybridized carbons (Fsp3) is 0.250. The summed E-state index contributed by atoms with van der Waals surface area (Å²) in [5, 5.41) is 14.9. The van der Waals surface area contributed by atoms with Crippen molar-refractivity contribution in [3.63, 3.8) is 0 Å². The van der Waals surface area contributed by atoms with E-state index in [1.165, 1.54) is 11.8 Å². The maximum Gasteiger partial charge on any atom is 0.251 e. The number of nitrogens with zero attached hydrogens (tertiary/aromatic N) is 3. The third-order valence-corrected chi connectivity index (χ3v) is 5.76. The topological polar surface area (TPSA) is 88.9 Å². The van der Waals surface area contributed by atoms with Crippen LogP contribution in [0.4, 0.5) is 5.69 Å². The van der Waals surface area contributed by atoms with E-state index in [2.05, 4.69) is 34.3 Å². The Balaban J connectivity index is 1.62. The minimum atomic E-state index is -0.176. The van der Waals surface area contributed by atoms with E-state index in [4.69, 9.17) is 0 Å². The molecule has 2 amide bonds. The number of hydrogen-bond donors (Lipinski definition) is 2. The van der Waals surface area contributed by atoms with Gasteiger partial charge in [0, 0.05) is 17.8 Å². The highest BCUT2D eigenvalue weighted by molar-refractivity contribution is 7.99. The summed E-state index contributed by atoms with van der Waals surface area (Å²) < 4.78 is 1.85. The van der Waals surface area contributed by atoms with E-state index in [9.17, 15) is 9.59 Å². The van der Waals surface area contributed by atoms with Crippen LogP contribution in [0, 0.1) is 6.92 Å². The maximum atomic E-state index is 12.5. The average Bonchev–Trinajstić information content (AvgIpc) is 3.18. The highest BCUT2D eigenvalue weighted by Gasteiger charge is 2.15. The zero-order valence-electron chi connectivity index (χ0n) is 18.3. The maximum absolute atomic E-state index is 12.5. The summed E-state index contributed by atoms with van der Waals surface area (Å²) in [6.07, 6.45) is 2.58. The van der Waals surface area contributed by atoms with Crippen molar-refractivity contribution in [1.29, 1.82) is 0 Å². The summed E-state index contributed by atoms with van der Waals surface area (Å²) in [6, 6.07) is 15.2. The van der Waals surface area contributed by atoms with E-state index in [0.29, 0.717) is 23.1 Å². The second-order valence-electron chi connectivity index (χ2n) is 7.20. The first-order valence-electron chi connectivity index (χ1n) is 10.4. The summed E-state index contributed by atoms with van der Waals surface area (Å²) in [4.78, 5) is 24.9. The van der Waals surface area contributed by atoms with Crippen LogP contribution in [-0.4, -0.2) is 32.3 Å². The molecule has 0 aliphatic rings. The van der Waals surface area contributed by atoms with Crippen LogP contribution in [-0.2, 0) is 24.3 Å². The molecule has 0 saturated carbocycles. The van der Waals surface area contributed by atoms with Gasteiger partial charge in [0.05, 0.1) is 12.3 Å². The van der Waals surface area contributed by atoms with Crippen molar-refractivity contribution in [3.8, 4) is 0 Å². The van der Waals surface area contributed by atoms with Crippen molar-refractivity contribution >= 4 is 29.3 Å². The van der Waals surface area contributed by atoms with Crippen molar-refractivity contribution in [1.82, 2.24) is 20.1 Å². The van der Waals surface area contributed by atoms with Gasteiger partial charge in [0.2, 0.25) is 5.91 Å². The van der Waals surface area contributed by atoms with E-state index in [0.717, 1.165) is 23.2 Å². The van der Waals surface area contributed by atoms with Crippen molar-refractivity contribution in [2.45, 2.75) is 38.5 Å². The molecular weight excluding hydrogens is 422 g/mol. The fourth-order valence-corrected chi connectivity index (χ4v) is 3.95. The van der Waals surface area contributed by atoms with Gasteiger partial charge in [-0.05, 0) is 37.1 Å². The standard InChI is InChI=1S/C24H27N5O2S/c1-4-13-29-21(15-25-23(31)19-11-8-9-17(3)14-19)27-28-24(29)32-16-22(30)26-20-12-7-6-10-18(20)5-2/h4,6-12,14H,1,5,13,15-16H2,2-3H3,(H,25,31)(H,26,30). The number of carbonyl (C=O) groups excluding carboxylic acids is 2. The number of benzene rings is 2. The number of carbonyl (C=O) groups is 2. The Labute approximate surface area is 192 Å². The van der Waals surface area contributed by atoms with Gasteiger partial charge < -0.3 is 15.2 Å². The normalized spacial score (nSPS) is 10.6. The van der Waals surface area contributed by atoms with Crippen molar-refractivity contribution < 1.29 is 9.59 Å². The van der Waals surface area contributed by atoms with Gasteiger partial charge in [0.1, 0.15) is 0 Å². The number of thioether (sulfide) groups is 1. The van der Waals surface area contributed by atoms with E-state index < -0.39 is 0 Å². The van der Waals surface area contributed by atoms with Crippen molar-refractivity contribution in [2.24, 2.45) is 0 Å². The summed E-state index contributed by atoms with van der Waals surface area (Å²) >= 11 is 1.30. The molecule has 1 heterocycles. The van der Waals surface area contributed by atoms with Crippen LogP contribution >= 0.6 is 11.8 Å². The highest BCUT2D eigenvalue weighted by Crippen LogP contribution is 2.20. The molecule has 0 saturated heterocycles. The van der Waals surface area contributed by atoms with Crippen LogP contribution in [0.3, 0.4) is 0 Å². The van der Waals surface area contributed by atoms with Crippen LogP contribution in [0.5, 0.6) is 0 Å². The lowest BCUT2D eigenvalue weighted by atomic mass is 10.1. The number of anilines is 1. The minimum absolute atomic E-state index is 0.113. The summed E-state index contributed by atoms with van der Waals surface area (Å²) in [7, 11) is 0.